The van der Waals surface area contributed by atoms with Crippen molar-refractivity contribution >= 4 is 22.9 Å². The van der Waals surface area contributed by atoms with E-state index in [2.05, 4.69) is 49.4 Å². The van der Waals surface area contributed by atoms with E-state index < -0.39 is 0 Å². The van der Waals surface area contributed by atoms with Crippen LogP contribution in [0.15, 0.2) is 42.5 Å². The van der Waals surface area contributed by atoms with Crippen molar-refractivity contribution in [3.05, 3.63) is 57.8 Å². The maximum Gasteiger partial charge on any atom is 0.0585 e. The molecule has 1 heterocycles. The highest BCUT2D eigenvalue weighted by Gasteiger charge is 2.40. The lowest BCUT2D eigenvalue weighted by Gasteiger charge is -2.23. The highest BCUT2D eigenvalue weighted by molar-refractivity contribution is 7.11. The van der Waals surface area contributed by atoms with Gasteiger partial charge in [-0.3, -0.25) is 0 Å². The van der Waals surface area contributed by atoms with E-state index in [0.717, 1.165) is 38.5 Å². The lowest BCUT2D eigenvalue weighted by atomic mass is 9.85. The quantitative estimate of drug-likeness (QED) is 0.559. The van der Waals surface area contributed by atoms with Gasteiger partial charge in [0.2, 0.25) is 0 Å². The van der Waals surface area contributed by atoms with Crippen LogP contribution in [0.4, 0.5) is 0 Å². The summed E-state index contributed by atoms with van der Waals surface area (Å²) < 4.78 is 0. The van der Waals surface area contributed by atoms with Crippen molar-refractivity contribution in [2.75, 3.05) is 0 Å². The van der Waals surface area contributed by atoms with Crippen molar-refractivity contribution in [2.24, 2.45) is 11.8 Å². The summed E-state index contributed by atoms with van der Waals surface area (Å²) in [6.45, 7) is 2.17. The Balaban J connectivity index is 1.48. The molecule has 1 N–H and O–H groups in total. The first-order valence-corrected chi connectivity index (χ1v) is 10.8. The Labute approximate surface area is 161 Å². The molecular weight excluding hydrogens is 348 g/mol. The number of aliphatic hydroxyl groups is 1. The third-order valence-electron chi connectivity index (χ3n) is 5.58. The van der Waals surface area contributed by atoms with Crippen LogP contribution in [0.3, 0.4) is 0 Å². The molecule has 1 fully saturated rings. The zero-order chi connectivity index (χ0) is 17.6. The monoisotopic (exact) mass is 376 g/mol. The van der Waals surface area contributed by atoms with Crippen molar-refractivity contribution in [3.8, 4) is 0 Å². The molecule has 0 unspecified atom stereocenters. The third kappa shape index (κ3) is 5.32. The molecule has 0 radical (unpaired) electrons. The van der Waals surface area contributed by atoms with Crippen LogP contribution >= 0.6 is 22.9 Å². The Kier molecular flexibility index (Phi) is 6.98. The van der Waals surface area contributed by atoms with Gasteiger partial charge < -0.3 is 5.11 Å². The fraction of sp³-hybridized carbons (Fsp3) is 0.545. The summed E-state index contributed by atoms with van der Waals surface area (Å²) >= 11 is 8.49. The number of thiophene rings is 1. The number of benzene rings is 1. The van der Waals surface area contributed by atoms with Crippen LogP contribution < -0.4 is 0 Å². The van der Waals surface area contributed by atoms with E-state index in [0.29, 0.717) is 11.8 Å². The van der Waals surface area contributed by atoms with E-state index >= 15 is 0 Å². The molecule has 0 spiro atoms. The van der Waals surface area contributed by atoms with Gasteiger partial charge >= 0.3 is 0 Å². The predicted molar refractivity (Wildman–Crippen MR) is 109 cm³/mol. The molecule has 3 heteroatoms. The lowest BCUT2D eigenvalue weighted by molar-refractivity contribution is 0.108. The molecule has 3 rings (SSSR count). The van der Waals surface area contributed by atoms with Gasteiger partial charge in [-0.2, -0.15) is 0 Å². The number of rotatable bonds is 8. The van der Waals surface area contributed by atoms with Crippen molar-refractivity contribution in [2.45, 2.75) is 63.4 Å². The summed E-state index contributed by atoms with van der Waals surface area (Å²) in [5.74, 6) is 0.838. The number of halogens is 1. The maximum atomic E-state index is 10.5. The zero-order valence-electron chi connectivity index (χ0n) is 15.0. The molecule has 1 saturated carbocycles. The van der Waals surface area contributed by atoms with Gasteiger partial charge in [-0.15, -0.1) is 22.9 Å². The second kappa shape index (κ2) is 9.21. The van der Waals surface area contributed by atoms with Crippen LogP contribution in [0.1, 0.15) is 47.4 Å². The Bertz CT molecular complexity index is 638. The van der Waals surface area contributed by atoms with Gasteiger partial charge in [0.05, 0.1) is 6.10 Å². The Morgan fingerprint density at radius 2 is 1.72 bits per heavy atom. The minimum absolute atomic E-state index is 0.141. The normalized spacial score (nSPS) is 26.2. The SMILES string of the molecule is Cc1ccc(CCC[C@@H]2[C@@H](CCCc3ccccc3)[C@H](O)C[C@H]2Cl)s1. The smallest absolute Gasteiger partial charge is 0.0585 e. The van der Waals surface area contributed by atoms with Gasteiger partial charge in [0.15, 0.2) is 0 Å². The van der Waals surface area contributed by atoms with E-state index in [4.69, 9.17) is 11.6 Å². The molecule has 25 heavy (non-hydrogen) atoms. The minimum atomic E-state index is -0.216. The Morgan fingerprint density at radius 1 is 1.00 bits per heavy atom. The van der Waals surface area contributed by atoms with Gasteiger partial charge in [-0.25, -0.2) is 0 Å². The van der Waals surface area contributed by atoms with Gasteiger partial charge in [0.25, 0.3) is 0 Å². The van der Waals surface area contributed by atoms with Crippen molar-refractivity contribution in [1.29, 1.82) is 0 Å². The fourth-order valence-electron chi connectivity index (χ4n) is 4.25. The Hall–Kier alpha value is -0.830. The van der Waals surface area contributed by atoms with E-state index in [9.17, 15) is 5.11 Å². The number of hydrogen-bond donors (Lipinski definition) is 1. The van der Waals surface area contributed by atoms with Gasteiger partial charge in [-0.05, 0) is 81.4 Å². The zero-order valence-corrected chi connectivity index (χ0v) is 16.6. The summed E-state index contributed by atoms with van der Waals surface area (Å²) in [7, 11) is 0. The first kappa shape index (κ1) is 18.9. The molecule has 1 aliphatic rings. The van der Waals surface area contributed by atoms with Crippen LogP contribution in [0.5, 0.6) is 0 Å². The molecule has 1 aliphatic carbocycles. The average molecular weight is 377 g/mol. The van der Waals surface area contributed by atoms with Crippen LogP contribution in [-0.2, 0) is 12.8 Å². The summed E-state index contributed by atoms with van der Waals surface area (Å²) in [4.78, 5) is 2.86. The van der Waals surface area contributed by atoms with Crippen LogP contribution in [0.25, 0.3) is 0 Å². The largest absolute Gasteiger partial charge is 0.393 e. The summed E-state index contributed by atoms with van der Waals surface area (Å²) in [6, 6.07) is 15.1. The molecule has 0 amide bonds. The fourth-order valence-corrected chi connectivity index (χ4v) is 5.68. The second-order valence-electron chi connectivity index (χ2n) is 7.43. The first-order valence-electron chi connectivity index (χ1n) is 9.55. The van der Waals surface area contributed by atoms with E-state index in [1.165, 1.54) is 21.7 Å². The lowest BCUT2D eigenvalue weighted by Crippen LogP contribution is -2.21. The highest BCUT2D eigenvalue weighted by Crippen LogP contribution is 2.41. The molecule has 0 aliphatic heterocycles. The van der Waals surface area contributed by atoms with Crippen LogP contribution in [0, 0.1) is 18.8 Å². The van der Waals surface area contributed by atoms with Crippen molar-refractivity contribution in [1.82, 2.24) is 0 Å². The highest BCUT2D eigenvalue weighted by atomic mass is 35.5. The molecular formula is C22H29ClOS. The topological polar surface area (TPSA) is 20.2 Å². The maximum absolute atomic E-state index is 10.5. The van der Waals surface area contributed by atoms with Gasteiger partial charge in [-0.1, -0.05) is 30.3 Å². The number of hydrogen-bond acceptors (Lipinski definition) is 2. The molecule has 0 bridgehead atoms. The predicted octanol–water partition coefficient (Wildman–Crippen LogP) is 6.01. The molecule has 1 aromatic heterocycles. The molecule has 2 aromatic rings. The molecule has 4 atom stereocenters. The number of aliphatic hydroxyl groups excluding tert-OH is 1. The van der Waals surface area contributed by atoms with Crippen LogP contribution in [-0.4, -0.2) is 16.6 Å². The van der Waals surface area contributed by atoms with Crippen molar-refractivity contribution < 1.29 is 5.11 Å². The van der Waals surface area contributed by atoms with Gasteiger partial charge in [0.1, 0.15) is 0 Å². The third-order valence-corrected chi connectivity index (χ3v) is 7.14. The standard InChI is InChI=1S/C22H29ClOS/c1-16-13-14-18(25-16)10-6-11-19-20(22(24)15-21(19)23)12-5-9-17-7-3-2-4-8-17/h2-4,7-8,13-14,19-22,24H,5-6,9-12,15H2,1H3/t19-,20-,21-,22-/m1/s1. The second-order valence-corrected chi connectivity index (χ2v) is 9.36. The summed E-state index contributed by atoms with van der Waals surface area (Å²) in [5.41, 5.74) is 1.39. The average Bonchev–Trinajstić information content (AvgIpc) is 3.13. The first-order chi connectivity index (χ1) is 12.1. The van der Waals surface area contributed by atoms with E-state index in [1.807, 2.05) is 11.3 Å². The molecule has 1 aromatic carbocycles. The summed E-state index contributed by atoms with van der Waals surface area (Å²) in [5, 5.41) is 10.6. The molecule has 136 valence electrons. The molecule has 1 nitrogen and oxygen atoms in total. The van der Waals surface area contributed by atoms with Crippen LogP contribution in [0.2, 0.25) is 0 Å². The minimum Gasteiger partial charge on any atom is -0.393 e. The Morgan fingerprint density at radius 3 is 2.44 bits per heavy atom. The summed E-state index contributed by atoms with van der Waals surface area (Å²) in [6.07, 6.45) is 7.32. The molecule has 0 saturated heterocycles. The number of alkyl halides is 1. The van der Waals surface area contributed by atoms with E-state index in [1.54, 1.807) is 0 Å². The van der Waals surface area contributed by atoms with Gasteiger partial charge in [0, 0.05) is 15.1 Å². The number of aryl methyl sites for hydroxylation is 3. The van der Waals surface area contributed by atoms with E-state index in [-0.39, 0.29) is 11.5 Å². The van der Waals surface area contributed by atoms with Crippen molar-refractivity contribution in [3.63, 3.8) is 0 Å².